The molecule has 1 aromatic carbocycles. The predicted molar refractivity (Wildman–Crippen MR) is 106 cm³/mol. The third-order valence-corrected chi connectivity index (χ3v) is 5.38. The van der Waals surface area contributed by atoms with E-state index in [-0.39, 0.29) is 48.9 Å². The Bertz CT molecular complexity index is 720. The summed E-state index contributed by atoms with van der Waals surface area (Å²) < 4.78 is 19.5. The zero-order chi connectivity index (χ0) is 20.7. The van der Waals surface area contributed by atoms with Gasteiger partial charge in [0.1, 0.15) is 5.82 Å². The summed E-state index contributed by atoms with van der Waals surface area (Å²) in [7, 11) is 1.57. The Balaban J connectivity index is 1.77. The van der Waals surface area contributed by atoms with Crippen molar-refractivity contribution in [3.63, 3.8) is 0 Å². The molecule has 6 nitrogen and oxygen atoms in total. The SMILES string of the molecule is CCOC(=O)C1CCN(C(=O)CN(C)C(=O)CCc2ccc(Br)cc2F)CC1. The number of benzene rings is 1. The van der Waals surface area contributed by atoms with Crippen LogP contribution in [0, 0.1) is 11.7 Å². The van der Waals surface area contributed by atoms with Gasteiger partial charge in [0.15, 0.2) is 0 Å². The van der Waals surface area contributed by atoms with E-state index in [0.717, 1.165) is 0 Å². The number of hydrogen-bond acceptors (Lipinski definition) is 4. The predicted octanol–water partition coefficient (Wildman–Crippen LogP) is 2.78. The lowest BCUT2D eigenvalue weighted by Crippen LogP contribution is -2.45. The Labute approximate surface area is 173 Å². The van der Waals surface area contributed by atoms with Gasteiger partial charge in [-0.2, -0.15) is 0 Å². The molecule has 0 saturated carbocycles. The molecule has 1 aliphatic heterocycles. The topological polar surface area (TPSA) is 66.9 Å². The summed E-state index contributed by atoms with van der Waals surface area (Å²) in [6.45, 7) is 3.07. The molecule has 28 heavy (non-hydrogen) atoms. The number of nitrogens with zero attached hydrogens (tertiary/aromatic N) is 2. The van der Waals surface area contributed by atoms with Crippen molar-refractivity contribution in [1.29, 1.82) is 0 Å². The molecular weight excluding hydrogens is 431 g/mol. The van der Waals surface area contributed by atoms with E-state index in [2.05, 4.69) is 15.9 Å². The summed E-state index contributed by atoms with van der Waals surface area (Å²) in [6, 6.07) is 4.74. The first-order valence-electron chi connectivity index (χ1n) is 9.44. The number of carbonyl (C=O) groups excluding carboxylic acids is 3. The van der Waals surface area contributed by atoms with E-state index in [1.165, 1.54) is 11.0 Å². The molecule has 1 heterocycles. The molecule has 0 atom stereocenters. The molecular formula is C20H26BrFN2O4. The Morgan fingerprint density at radius 1 is 1.29 bits per heavy atom. The third kappa shape index (κ3) is 6.29. The normalized spacial score (nSPS) is 14.6. The summed E-state index contributed by atoms with van der Waals surface area (Å²) >= 11 is 3.20. The van der Waals surface area contributed by atoms with Crippen LogP contribution in [0.1, 0.15) is 31.7 Å². The number of rotatable bonds is 7. The van der Waals surface area contributed by atoms with Gasteiger partial charge in [-0.05, 0) is 43.9 Å². The van der Waals surface area contributed by atoms with Crippen LogP contribution in [0.25, 0.3) is 0 Å². The van der Waals surface area contributed by atoms with Gasteiger partial charge >= 0.3 is 5.97 Å². The van der Waals surface area contributed by atoms with Crippen LogP contribution in [0.15, 0.2) is 22.7 Å². The largest absolute Gasteiger partial charge is 0.466 e. The number of piperidine rings is 1. The monoisotopic (exact) mass is 456 g/mol. The number of amides is 2. The maximum absolute atomic E-state index is 13.8. The van der Waals surface area contributed by atoms with Gasteiger partial charge in [0, 0.05) is 31.0 Å². The molecule has 2 amide bonds. The lowest BCUT2D eigenvalue weighted by molar-refractivity contribution is -0.151. The Hall–Kier alpha value is -1.96. The second-order valence-corrected chi connectivity index (χ2v) is 7.81. The Morgan fingerprint density at radius 3 is 2.57 bits per heavy atom. The lowest BCUT2D eigenvalue weighted by atomic mass is 9.97. The highest BCUT2D eigenvalue weighted by atomic mass is 79.9. The number of likely N-dealkylation sites (N-methyl/N-ethyl adjacent to an activating group) is 1. The van der Waals surface area contributed by atoms with Gasteiger partial charge in [-0.25, -0.2) is 4.39 Å². The summed E-state index contributed by atoms with van der Waals surface area (Å²) in [5, 5.41) is 0. The molecule has 0 aromatic heterocycles. The highest BCUT2D eigenvalue weighted by Gasteiger charge is 2.28. The molecule has 1 aliphatic rings. The summed E-state index contributed by atoms with van der Waals surface area (Å²) in [5.41, 5.74) is 0.470. The second-order valence-electron chi connectivity index (χ2n) is 6.89. The number of carbonyl (C=O) groups is 3. The van der Waals surface area contributed by atoms with Crippen LogP contribution in [0.2, 0.25) is 0 Å². The van der Waals surface area contributed by atoms with Gasteiger partial charge in [0.2, 0.25) is 11.8 Å². The highest BCUT2D eigenvalue weighted by Crippen LogP contribution is 2.19. The van der Waals surface area contributed by atoms with E-state index in [9.17, 15) is 18.8 Å². The highest BCUT2D eigenvalue weighted by molar-refractivity contribution is 9.10. The molecule has 0 radical (unpaired) electrons. The fourth-order valence-corrected chi connectivity index (χ4v) is 3.51. The molecule has 1 fully saturated rings. The van der Waals surface area contributed by atoms with Crippen LogP contribution in [0.5, 0.6) is 0 Å². The summed E-state index contributed by atoms with van der Waals surface area (Å²) in [5.74, 6) is -1.08. The maximum Gasteiger partial charge on any atom is 0.309 e. The molecule has 2 rings (SSSR count). The number of hydrogen-bond donors (Lipinski definition) is 0. The van der Waals surface area contributed by atoms with Gasteiger partial charge in [0.25, 0.3) is 0 Å². The molecule has 0 bridgehead atoms. The van der Waals surface area contributed by atoms with Crippen molar-refractivity contribution in [2.45, 2.75) is 32.6 Å². The molecule has 1 saturated heterocycles. The quantitative estimate of drug-likeness (QED) is 0.591. The first-order chi connectivity index (χ1) is 13.3. The van der Waals surface area contributed by atoms with Crippen molar-refractivity contribution in [2.75, 3.05) is 33.3 Å². The van der Waals surface area contributed by atoms with Crippen molar-refractivity contribution in [3.8, 4) is 0 Å². The number of esters is 1. The molecule has 154 valence electrons. The van der Waals surface area contributed by atoms with Crippen LogP contribution >= 0.6 is 15.9 Å². The van der Waals surface area contributed by atoms with Gasteiger partial charge in [0.05, 0.1) is 19.1 Å². The second kappa shape index (κ2) is 10.5. The van der Waals surface area contributed by atoms with Gasteiger partial charge in [-0.15, -0.1) is 0 Å². The van der Waals surface area contributed by atoms with Crippen molar-refractivity contribution in [1.82, 2.24) is 9.80 Å². The minimum Gasteiger partial charge on any atom is -0.466 e. The smallest absolute Gasteiger partial charge is 0.309 e. The number of likely N-dealkylation sites (tertiary alicyclic amines) is 1. The fraction of sp³-hybridized carbons (Fsp3) is 0.550. The Morgan fingerprint density at radius 2 is 1.96 bits per heavy atom. The first-order valence-corrected chi connectivity index (χ1v) is 10.2. The Kier molecular flexibility index (Phi) is 8.41. The van der Waals surface area contributed by atoms with Crippen molar-refractivity contribution in [3.05, 3.63) is 34.1 Å². The van der Waals surface area contributed by atoms with Crippen LogP contribution in [-0.2, 0) is 25.5 Å². The maximum atomic E-state index is 13.8. The standard InChI is InChI=1S/C20H26BrFN2O4/c1-3-28-20(27)15-8-10-24(11-9-15)19(26)13-23(2)18(25)7-5-14-4-6-16(21)12-17(14)22/h4,6,12,15H,3,5,7-11,13H2,1-2H3. The van der Waals surface area contributed by atoms with Crippen LogP contribution in [0.4, 0.5) is 4.39 Å². The van der Waals surface area contributed by atoms with E-state index in [0.29, 0.717) is 42.6 Å². The van der Waals surface area contributed by atoms with E-state index in [1.807, 2.05) is 0 Å². The zero-order valence-corrected chi connectivity index (χ0v) is 17.8. The van der Waals surface area contributed by atoms with Crippen molar-refractivity contribution >= 4 is 33.7 Å². The molecule has 0 N–H and O–H groups in total. The molecule has 0 spiro atoms. The molecule has 0 unspecified atom stereocenters. The first kappa shape index (κ1) is 22.3. The van der Waals surface area contributed by atoms with Crippen molar-refractivity contribution < 1.29 is 23.5 Å². The minimum absolute atomic E-state index is 0.0221. The molecule has 0 aliphatic carbocycles. The van der Waals surface area contributed by atoms with Gasteiger partial charge in [-0.3, -0.25) is 14.4 Å². The zero-order valence-electron chi connectivity index (χ0n) is 16.2. The van der Waals surface area contributed by atoms with E-state index in [1.54, 1.807) is 31.0 Å². The van der Waals surface area contributed by atoms with Crippen LogP contribution in [-0.4, -0.2) is 60.9 Å². The van der Waals surface area contributed by atoms with Crippen LogP contribution in [0.3, 0.4) is 0 Å². The molecule has 8 heteroatoms. The van der Waals surface area contributed by atoms with Crippen molar-refractivity contribution in [2.24, 2.45) is 5.92 Å². The van der Waals surface area contributed by atoms with Gasteiger partial charge in [-0.1, -0.05) is 22.0 Å². The fourth-order valence-electron chi connectivity index (χ4n) is 3.17. The third-order valence-electron chi connectivity index (χ3n) is 4.89. The minimum atomic E-state index is -0.356. The van der Waals surface area contributed by atoms with E-state index < -0.39 is 0 Å². The average molecular weight is 457 g/mol. The van der Waals surface area contributed by atoms with Gasteiger partial charge < -0.3 is 14.5 Å². The van der Waals surface area contributed by atoms with Crippen LogP contribution < -0.4 is 0 Å². The van der Waals surface area contributed by atoms with E-state index >= 15 is 0 Å². The number of aryl methyl sites for hydroxylation is 1. The summed E-state index contributed by atoms with van der Waals surface area (Å²) in [6.07, 6.45) is 1.56. The lowest BCUT2D eigenvalue weighted by Gasteiger charge is -2.32. The number of ether oxygens (including phenoxy) is 1. The average Bonchev–Trinajstić information content (AvgIpc) is 2.67. The van der Waals surface area contributed by atoms with E-state index in [4.69, 9.17) is 4.74 Å². The molecule has 1 aromatic rings. The number of halogens is 2. The summed E-state index contributed by atoms with van der Waals surface area (Å²) in [4.78, 5) is 39.5.